The molecule has 0 radical (unpaired) electrons. The molecule has 1 saturated heterocycles. The van der Waals surface area contributed by atoms with Crippen LogP contribution in [0, 0.1) is 5.92 Å². The van der Waals surface area contributed by atoms with Gasteiger partial charge in [-0.2, -0.15) is 0 Å². The monoisotopic (exact) mass is 853 g/mol. The van der Waals surface area contributed by atoms with E-state index in [0.29, 0.717) is 52.7 Å². The van der Waals surface area contributed by atoms with Crippen molar-refractivity contribution in [3.05, 3.63) is 227 Å². The second kappa shape index (κ2) is 21.1. The van der Waals surface area contributed by atoms with Gasteiger partial charge in [-0.25, -0.2) is 4.79 Å². The predicted molar refractivity (Wildman–Crippen MR) is 254 cm³/mol. The molecule has 3 unspecified atom stereocenters. The molecule has 1 aliphatic rings. The lowest BCUT2D eigenvalue weighted by Gasteiger charge is -2.45. The zero-order chi connectivity index (χ0) is 44.2. The molecule has 0 aromatic heterocycles. The van der Waals surface area contributed by atoms with Crippen molar-refractivity contribution in [3.63, 3.8) is 0 Å². The van der Waals surface area contributed by atoms with Crippen LogP contribution in [-0.2, 0) is 49.1 Å². The predicted octanol–water partition coefficient (Wildman–Crippen LogP) is 12.1. The van der Waals surface area contributed by atoms with Crippen molar-refractivity contribution in [3.8, 4) is 0 Å². The largest absolute Gasteiger partial charge is 0.444 e. The zero-order valence-corrected chi connectivity index (χ0v) is 37.2. The van der Waals surface area contributed by atoms with Crippen LogP contribution in [0.25, 0.3) is 10.8 Å². The number of amides is 1. The minimum Gasteiger partial charge on any atom is -0.444 e. The standard InChI is InChI=1S/C57H59NO6/c1-56(2,3)64-55(59)58-37-49(42-63-57(50-22-10-5-11-23-50,51-24-12-6-13-25-51)52-26-14-7-15-27-52)54(53(38-58)62-41-45-30-31-46-20-16-17-21-48(46)36-45)47-32-28-44(29-33-47)40-61-35-34-60-39-43-18-8-4-9-19-43/h4-33,36,49,53-54H,34-35,37-42H2,1-3H3. The van der Waals surface area contributed by atoms with E-state index >= 15 is 0 Å². The van der Waals surface area contributed by atoms with Crippen molar-refractivity contribution in [1.29, 1.82) is 0 Å². The number of piperidine rings is 1. The van der Waals surface area contributed by atoms with E-state index < -0.39 is 11.2 Å². The van der Waals surface area contributed by atoms with Crippen molar-refractivity contribution < 1.29 is 28.5 Å². The van der Waals surface area contributed by atoms with Crippen LogP contribution < -0.4 is 0 Å². The molecule has 7 aromatic carbocycles. The first-order chi connectivity index (χ1) is 31.2. The molecule has 0 spiro atoms. The molecule has 1 aliphatic heterocycles. The molecule has 8 rings (SSSR count). The maximum absolute atomic E-state index is 14.1. The topological polar surface area (TPSA) is 66.5 Å². The average molecular weight is 854 g/mol. The summed E-state index contributed by atoms with van der Waals surface area (Å²) in [6.45, 7) is 9.21. The summed E-state index contributed by atoms with van der Waals surface area (Å²) >= 11 is 0. The number of hydrogen-bond donors (Lipinski definition) is 0. The van der Waals surface area contributed by atoms with E-state index in [-0.39, 0.29) is 24.0 Å². The molecule has 0 saturated carbocycles. The first-order valence-electron chi connectivity index (χ1n) is 22.4. The van der Waals surface area contributed by atoms with Gasteiger partial charge in [0.05, 0.1) is 52.3 Å². The molecule has 7 nitrogen and oxygen atoms in total. The van der Waals surface area contributed by atoms with Gasteiger partial charge in [-0.3, -0.25) is 0 Å². The third-order valence-corrected chi connectivity index (χ3v) is 11.9. The lowest BCUT2D eigenvalue weighted by molar-refractivity contribution is -0.0821. The van der Waals surface area contributed by atoms with Crippen LogP contribution in [-0.4, -0.2) is 55.6 Å². The van der Waals surface area contributed by atoms with Crippen LogP contribution in [0.5, 0.6) is 0 Å². The summed E-state index contributed by atoms with van der Waals surface area (Å²) in [5.74, 6) is -0.331. The smallest absolute Gasteiger partial charge is 0.410 e. The third kappa shape index (κ3) is 11.2. The van der Waals surface area contributed by atoms with Gasteiger partial charge >= 0.3 is 6.09 Å². The lowest BCUT2D eigenvalue weighted by atomic mass is 9.77. The molecule has 3 atom stereocenters. The molecule has 7 heteroatoms. The maximum atomic E-state index is 14.1. The minimum absolute atomic E-state index is 0.138. The quantitative estimate of drug-likeness (QED) is 0.0671. The Balaban J connectivity index is 1.11. The highest BCUT2D eigenvalue weighted by molar-refractivity contribution is 5.83. The Morgan fingerprint density at radius 2 is 1.05 bits per heavy atom. The Hall–Kier alpha value is -6.09. The maximum Gasteiger partial charge on any atom is 0.410 e. The van der Waals surface area contributed by atoms with Crippen molar-refractivity contribution in [2.75, 3.05) is 32.9 Å². The van der Waals surface area contributed by atoms with Crippen molar-refractivity contribution >= 4 is 16.9 Å². The van der Waals surface area contributed by atoms with Crippen LogP contribution in [0.4, 0.5) is 4.79 Å². The Bertz CT molecular complexity index is 2410. The highest BCUT2D eigenvalue weighted by Gasteiger charge is 2.44. The van der Waals surface area contributed by atoms with Crippen molar-refractivity contribution in [2.24, 2.45) is 5.92 Å². The molecule has 1 amide bonds. The molecule has 1 fully saturated rings. The number of hydrogen-bond acceptors (Lipinski definition) is 6. The third-order valence-electron chi connectivity index (χ3n) is 11.9. The Morgan fingerprint density at radius 1 is 0.547 bits per heavy atom. The van der Waals surface area contributed by atoms with Crippen LogP contribution >= 0.6 is 0 Å². The van der Waals surface area contributed by atoms with Gasteiger partial charge in [0.25, 0.3) is 0 Å². The van der Waals surface area contributed by atoms with Crippen molar-refractivity contribution in [1.82, 2.24) is 4.90 Å². The van der Waals surface area contributed by atoms with Crippen LogP contribution in [0.2, 0.25) is 0 Å². The summed E-state index contributed by atoms with van der Waals surface area (Å²) in [5, 5.41) is 2.34. The number of likely N-dealkylation sites (tertiary alicyclic amines) is 1. The fraction of sp³-hybridized carbons (Fsp3) is 0.281. The number of ether oxygens (including phenoxy) is 5. The van der Waals surface area contributed by atoms with Gasteiger partial charge in [0.2, 0.25) is 0 Å². The summed E-state index contributed by atoms with van der Waals surface area (Å²) < 4.78 is 32.5. The highest BCUT2D eigenvalue weighted by atomic mass is 16.6. The molecule has 0 aliphatic carbocycles. The van der Waals surface area contributed by atoms with E-state index in [2.05, 4.69) is 152 Å². The van der Waals surface area contributed by atoms with Gasteiger partial charge in [0, 0.05) is 18.4 Å². The van der Waals surface area contributed by atoms with E-state index in [4.69, 9.17) is 23.7 Å². The SMILES string of the molecule is CC(C)(C)OC(=O)N1CC(COC(c2ccccc2)(c2ccccc2)c2ccccc2)C(c2ccc(COCCOCc3ccccc3)cc2)C(OCc2ccc3ccccc3c2)C1. The molecule has 0 bridgehead atoms. The Morgan fingerprint density at radius 3 is 1.61 bits per heavy atom. The van der Waals surface area contributed by atoms with Crippen LogP contribution in [0.3, 0.4) is 0 Å². The van der Waals surface area contributed by atoms with Gasteiger partial charge in [0.1, 0.15) is 11.2 Å². The van der Waals surface area contributed by atoms with E-state index in [1.165, 1.54) is 5.39 Å². The minimum atomic E-state index is -0.948. The van der Waals surface area contributed by atoms with Gasteiger partial charge in [-0.1, -0.05) is 182 Å². The first-order valence-corrected chi connectivity index (χ1v) is 22.4. The molecule has 328 valence electrons. The molecule has 0 N–H and O–H groups in total. The number of rotatable bonds is 17. The summed E-state index contributed by atoms with van der Waals surface area (Å²) in [6.07, 6.45) is -0.749. The van der Waals surface area contributed by atoms with Gasteiger partial charge in [-0.15, -0.1) is 0 Å². The number of benzene rings is 7. The molecule has 1 heterocycles. The van der Waals surface area contributed by atoms with Crippen molar-refractivity contribution in [2.45, 2.75) is 63.8 Å². The Kier molecular flexibility index (Phi) is 14.6. The van der Waals surface area contributed by atoms with E-state index in [1.807, 2.05) is 62.1 Å². The molecular formula is C57H59NO6. The zero-order valence-electron chi connectivity index (χ0n) is 37.2. The van der Waals surface area contributed by atoms with Crippen LogP contribution in [0.1, 0.15) is 65.6 Å². The summed E-state index contributed by atoms with van der Waals surface area (Å²) in [5.41, 5.74) is 5.82. The first kappa shape index (κ1) is 44.5. The number of nitrogens with zero attached hydrogens (tertiary/aromatic N) is 1. The lowest BCUT2D eigenvalue weighted by Crippen LogP contribution is -2.54. The van der Waals surface area contributed by atoms with Gasteiger partial charge in [0.15, 0.2) is 0 Å². The molecule has 7 aromatic rings. The van der Waals surface area contributed by atoms with Gasteiger partial charge in [-0.05, 0) is 76.6 Å². The molecular weight excluding hydrogens is 795 g/mol. The highest BCUT2D eigenvalue weighted by Crippen LogP contribution is 2.43. The summed E-state index contributed by atoms with van der Waals surface area (Å²) in [6, 6.07) is 64.9. The fourth-order valence-corrected chi connectivity index (χ4v) is 8.82. The normalized spacial score (nSPS) is 16.7. The fourth-order valence-electron chi connectivity index (χ4n) is 8.82. The second-order valence-corrected chi connectivity index (χ2v) is 17.6. The number of fused-ring (bicyclic) bond motifs is 1. The number of carbonyl (C=O) groups excluding carboxylic acids is 1. The summed E-state index contributed by atoms with van der Waals surface area (Å²) in [4.78, 5) is 15.9. The van der Waals surface area contributed by atoms with Gasteiger partial charge < -0.3 is 28.6 Å². The summed E-state index contributed by atoms with van der Waals surface area (Å²) in [7, 11) is 0. The van der Waals surface area contributed by atoms with E-state index in [9.17, 15) is 4.79 Å². The van der Waals surface area contributed by atoms with E-state index in [0.717, 1.165) is 44.3 Å². The molecule has 64 heavy (non-hydrogen) atoms. The van der Waals surface area contributed by atoms with E-state index in [1.54, 1.807) is 0 Å². The Labute approximate surface area is 378 Å². The average Bonchev–Trinajstić information content (AvgIpc) is 3.33. The van der Waals surface area contributed by atoms with Crippen LogP contribution in [0.15, 0.2) is 188 Å². The second-order valence-electron chi connectivity index (χ2n) is 17.6. The number of carbonyl (C=O) groups is 1.